The topological polar surface area (TPSA) is 99.6 Å². The molecule has 1 fully saturated rings. The summed E-state index contributed by atoms with van der Waals surface area (Å²) >= 11 is 0. The van der Waals surface area contributed by atoms with Crippen molar-refractivity contribution in [2.45, 2.75) is 6.54 Å². The maximum atomic E-state index is 13.0. The maximum Gasteiger partial charge on any atom is 0.344 e. The molecule has 3 aromatic rings. The third-order valence-corrected chi connectivity index (χ3v) is 6.07. The van der Waals surface area contributed by atoms with Gasteiger partial charge in [0.25, 0.3) is 0 Å². The van der Waals surface area contributed by atoms with Crippen LogP contribution in [0.25, 0.3) is 22.1 Å². The van der Waals surface area contributed by atoms with Gasteiger partial charge in [-0.2, -0.15) is 0 Å². The Kier molecular flexibility index (Phi) is 6.64. The highest BCUT2D eigenvalue weighted by Gasteiger charge is 2.22. The van der Waals surface area contributed by atoms with Crippen molar-refractivity contribution < 1.29 is 29.0 Å². The molecule has 1 aliphatic heterocycles. The van der Waals surface area contributed by atoms with Gasteiger partial charge in [0.2, 0.25) is 0 Å². The van der Waals surface area contributed by atoms with Crippen LogP contribution in [0.5, 0.6) is 17.2 Å². The summed E-state index contributed by atoms with van der Waals surface area (Å²) in [4.78, 5) is 16.4. The number of nitrogens with zero attached hydrogens (tertiary/aromatic N) is 1. The van der Waals surface area contributed by atoms with E-state index in [-0.39, 0.29) is 12.4 Å². The quantitative estimate of drug-likeness (QED) is 0.508. The maximum absolute atomic E-state index is 13.0. The van der Waals surface area contributed by atoms with Gasteiger partial charge in [0.1, 0.15) is 23.6 Å². The van der Waals surface area contributed by atoms with Crippen LogP contribution in [-0.2, 0) is 6.54 Å². The van der Waals surface area contributed by atoms with Crippen LogP contribution < -0.4 is 25.1 Å². The second-order valence-electron chi connectivity index (χ2n) is 7.97. The van der Waals surface area contributed by atoms with Crippen molar-refractivity contribution in [2.75, 3.05) is 53.6 Å². The van der Waals surface area contributed by atoms with Crippen LogP contribution in [0.15, 0.2) is 45.6 Å². The van der Waals surface area contributed by atoms with Crippen LogP contribution in [0.2, 0.25) is 0 Å². The van der Waals surface area contributed by atoms with E-state index in [9.17, 15) is 9.90 Å². The Labute approximate surface area is 186 Å². The smallest absolute Gasteiger partial charge is 0.344 e. The Morgan fingerprint density at radius 2 is 1.88 bits per heavy atom. The number of aliphatic hydroxyl groups is 1. The number of piperazine rings is 1. The van der Waals surface area contributed by atoms with Crippen molar-refractivity contribution >= 4 is 11.0 Å². The fourth-order valence-corrected chi connectivity index (χ4v) is 4.26. The number of fused-ring (bicyclic) bond motifs is 1. The molecule has 32 heavy (non-hydrogen) atoms. The molecule has 0 radical (unpaired) electrons. The molecule has 1 aromatic heterocycles. The number of hydrogen-bond donors (Lipinski definition) is 2. The van der Waals surface area contributed by atoms with E-state index in [0.29, 0.717) is 52.2 Å². The number of benzene rings is 2. The van der Waals surface area contributed by atoms with Gasteiger partial charge in [-0.05, 0) is 24.3 Å². The summed E-state index contributed by atoms with van der Waals surface area (Å²) in [7, 11) is 3.10. The van der Waals surface area contributed by atoms with Crippen LogP contribution in [0.3, 0.4) is 0 Å². The molecule has 0 atom stereocenters. The molecule has 8 nitrogen and oxygen atoms in total. The summed E-state index contributed by atoms with van der Waals surface area (Å²) < 4.78 is 16.4. The van der Waals surface area contributed by atoms with Gasteiger partial charge >= 0.3 is 5.63 Å². The number of quaternary nitrogens is 1. The van der Waals surface area contributed by atoms with Crippen molar-refractivity contribution in [3.63, 3.8) is 0 Å². The van der Waals surface area contributed by atoms with Crippen LogP contribution in [-0.4, -0.2) is 63.6 Å². The lowest BCUT2D eigenvalue weighted by molar-refractivity contribution is -0.918. The summed E-state index contributed by atoms with van der Waals surface area (Å²) in [5.41, 5.74) is 1.26. The molecule has 8 heteroatoms. The fraction of sp³-hybridized carbons (Fsp3) is 0.375. The lowest BCUT2D eigenvalue weighted by Gasteiger charge is -2.32. The fourth-order valence-electron chi connectivity index (χ4n) is 4.26. The average Bonchev–Trinajstić information content (AvgIpc) is 2.81. The molecule has 0 amide bonds. The molecule has 4 rings (SSSR count). The van der Waals surface area contributed by atoms with E-state index in [1.165, 1.54) is 11.0 Å². The predicted molar refractivity (Wildman–Crippen MR) is 118 cm³/mol. The van der Waals surface area contributed by atoms with Crippen LogP contribution >= 0.6 is 0 Å². The van der Waals surface area contributed by atoms with Gasteiger partial charge in [-0.3, -0.25) is 4.90 Å². The molecule has 0 unspecified atom stereocenters. The van der Waals surface area contributed by atoms with Crippen molar-refractivity contribution in [1.29, 1.82) is 0 Å². The first-order valence-electron chi connectivity index (χ1n) is 10.7. The van der Waals surface area contributed by atoms with Gasteiger partial charge in [0.15, 0.2) is 0 Å². The lowest BCUT2D eigenvalue weighted by Crippen LogP contribution is -3.13. The summed E-state index contributed by atoms with van der Waals surface area (Å²) in [5.74, 6) is 1.00. The molecule has 0 aliphatic carbocycles. The summed E-state index contributed by atoms with van der Waals surface area (Å²) in [6, 6.07) is 10.2. The molecule has 0 saturated carbocycles. The third-order valence-electron chi connectivity index (χ3n) is 6.07. The van der Waals surface area contributed by atoms with E-state index in [2.05, 4.69) is 4.90 Å². The monoisotopic (exact) mass is 440 g/mol. The van der Waals surface area contributed by atoms with E-state index in [4.69, 9.17) is 19.0 Å². The van der Waals surface area contributed by atoms with Crippen LogP contribution in [0, 0.1) is 0 Å². The van der Waals surface area contributed by atoms with Gasteiger partial charge in [0.05, 0.1) is 39.5 Å². The minimum atomic E-state index is -0.529. The molecule has 1 saturated heterocycles. The number of rotatable bonds is 7. The molecule has 170 valence electrons. The summed E-state index contributed by atoms with van der Waals surface area (Å²) in [5, 5.41) is 22.5. The Morgan fingerprint density at radius 1 is 1.09 bits per heavy atom. The van der Waals surface area contributed by atoms with E-state index in [1.807, 2.05) is 0 Å². The van der Waals surface area contributed by atoms with E-state index in [1.54, 1.807) is 44.6 Å². The molecule has 1 aliphatic rings. The Hall–Kier alpha value is -3.07. The first-order chi connectivity index (χ1) is 15.5. The Balaban J connectivity index is 1.70. The molecule has 2 N–H and O–H groups in total. The highest BCUT2D eigenvalue weighted by molar-refractivity contribution is 5.86. The van der Waals surface area contributed by atoms with E-state index >= 15 is 0 Å². The zero-order valence-corrected chi connectivity index (χ0v) is 18.3. The van der Waals surface area contributed by atoms with Crippen LogP contribution in [0.1, 0.15) is 5.56 Å². The first-order valence-corrected chi connectivity index (χ1v) is 10.7. The van der Waals surface area contributed by atoms with Gasteiger partial charge < -0.3 is 29.0 Å². The summed E-state index contributed by atoms with van der Waals surface area (Å²) in [6.07, 6.45) is 0. The predicted octanol–water partition coefficient (Wildman–Crippen LogP) is 0.244. The number of ether oxygens (including phenoxy) is 2. The average molecular weight is 440 g/mol. The zero-order valence-electron chi connectivity index (χ0n) is 18.3. The van der Waals surface area contributed by atoms with Crippen molar-refractivity contribution in [3.05, 3.63) is 52.4 Å². The van der Waals surface area contributed by atoms with Crippen molar-refractivity contribution in [3.8, 4) is 28.4 Å². The molecule has 2 heterocycles. The Bertz CT molecular complexity index is 1150. The highest BCUT2D eigenvalue weighted by Crippen LogP contribution is 2.34. The standard InChI is InChI=1S/C24H28N2O6/c1-30-17-4-6-22(31-2)18(14-17)19-13-16-3-5-21(28)20(23(16)32-24(19)29)15-26-9-7-25(8-10-26)11-12-27/h3-6,13-14,27-28H,7-12,15H2,1-2H3. The minimum absolute atomic E-state index is 0.127. The minimum Gasteiger partial charge on any atom is -0.872 e. The molecular formula is C24H28N2O6. The third kappa shape index (κ3) is 4.43. The number of β-amino-alcohol motifs (C(OH)–C–C–N with tert-alkyl or cyclic N) is 1. The second-order valence-corrected chi connectivity index (χ2v) is 7.97. The number of nitrogens with one attached hydrogen (secondary N) is 1. The number of methoxy groups -OCH3 is 2. The van der Waals surface area contributed by atoms with Crippen LogP contribution in [0.4, 0.5) is 0 Å². The number of hydrogen-bond acceptors (Lipinski definition) is 7. The summed E-state index contributed by atoms with van der Waals surface area (Å²) in [6.45, 7) is 4.75. The first kappa shape index (κ1) is 22.1. The van der Waals surface area contributed by atoms with Crippen molar-refractivity contribution in [1.82, 2.24) is 4.90 Å². The van der Waals surface area contributed by atoms with Gasteiger partial charge in [0, 0.05) is 36.1 Å². The van der Waals surface area contributed by atoms with Crippen molar-refractivity contribution in [2.24, 2.45) is 0 Å². The normalized spacial score (nSPS) is 15.2. The van der Waals surface area contributed by atoms with E-state index < -0.39 is 5.63 Å². The van der Waals surface area contributed by atoms with Gasteiger partial charge in [-0.1, -0.05) is 17.9 Å². The Morgan fingerprint density at radius 3 is 2.56 bits per heavy atom. The molecule has 2 aromatic carbocycles. The largest absolute Gasteiger partial charge is 0.872 e. The SMILES string of the molecule is COc1ccc(OC)c(-c2cc3ccc([O-])c(C[NH+]4CCN(CCO)CC4)c3oc2=O)c1. The van der Waals surface area contributed by atoms with Gasteiger partial charge in [-0.15, -0.1) is 0 Å². The molecule has 0 bridgehead atoms. The second kappa shape index (κ2) is 9.60. The molecular weight excluding hydrogens is 412 g/mol. The van der Waals surface area contributed by atoms with Gasteiger partial charge in [-0.25, -0.2) is 4.79 Å². The lowest BCUT2D eigenvalue weighted by atomic mass is 10.0. The molecule has 0 spiro atoms. The highest BCUT2D eigenvalue weighted by atomic mass is 16.5. The zero-order chi connectivity index (χ0) is 22.7. The van der Waals surface area contributed by atoms with E-state index in [0.717, 1.165) is 26.2 Å². The number of aliphatic hydroxyl groups excluding tert-OH is 1.